The van der Waals surface area contributed by atoms with E-state index in [4.69, 9.17) is 4.74 Å². The summed E-state index contributed by atoms with van der Waals surface area (Å²) in [4.78, 5) is 12.3. The Kier molecular flexibility index (Phi) is 5.59. The lowest BCUT2D eigenvalue weighted by Crippen LogP contribution is -2.26. The number of nitrogens with one attached hydrogen (secondary N) is 2. The Balaban J connectivity index is 1.59. The third kappa shape index (κ3) is 4.36. The van der Waals surface area contributed by atoms with E-state index in [1.165, 1.54) is 0 Å². The Hall–Kier alpha value is -3.09. The smallest absolute Gasteiger partial charge is 0.220 e. The molecule has 1 atom stereocenters. The zero-order chi connectivity index (χ0) is 19.4. The first kappa shape index (κ1) is 18.7. The lowest BCUT2D eigenvalue weighted by molar-refractivity contribution is -0.121. The molecule has 2 N–H and O–H groups in total. The minimum atomic E-state index is -0.126. The number of methoxy groups -OCH3 is 1. The highest BCUT2D eigenvalue weighted by molar-refractivity contribution is 5.76. The van der Waals surface area contributed by atoms with E-state index in [1.54, 1.807) is 18.0 Å². The van der Waals surface area contributed by atoms with Crippen LogP contribution in [0.1, 0.15) is 41.9 Å². The van der Waals surface area contributed by atoms with Gasteiger partial charge in [0.05, 0.1) is 30.7 Å². The Morgan fingerprint density at radius 3 is 2.89 bits per heavy atom. The summed E-state index contributed by atoms with van der Waals surface area (Å²) in [6.07, 6.45) is 4.71. The van der Waals surface area contributed by atoms with Crippen molar-refractivity contribution >= 4 is 5.91 Å². The third-order valence-electron chi connectivity index (χ3n) is 4.74. The third-order valence-corrected chi connectivity index (χ3v) is 4.74. The summed E-state index contributed by atoms with van der Waals surface area (Å²) >= 11 is 0. The van der Waals surface area contributed by atoms with Crippen molar-refractivity contribution < 1.29 is 9.53 Å². The molecule has 7 nitrogen and oxygen atoms in total. The fourth-order valence-electron chi connectivity index (χ4n) is 2.86. The molecule has 0 bridgehead atoms. The van der Waals surface area contributed by atoms with Crippen LogP contribution in [0.5, 0.6) is 5.75 Å². The molecule has 0 aliphatic carbocycles. The summed E-state index contributed by atoms with van der Waals surface area (Å²) in [5.41, 5.74) is 4.96. The number of hydrogen-bond acceptors (Lipinski definition) is 4. The van der Waals surface area contributed by atoms with Gasteiger partial charge < -0.3 is 10.1 Å². The largest absolute Gasteiger partial charge is 0.497 e. The predicted octanol–water partition coefficient (Wildman–Crippen LogP) is 3.03. The molecule has 1 unspecified atom stereocenters. The van der Waals surface area contributed by atoms with Gasteiger partial charge in [-0.15, -0.1) is 0 Å². The molecule has 7 heteroatoms. The standard InChI is InChI=1S/C20H25N5O2/c1-13-14(2)23-24-19(13)8-9-20(26)22-15(3)16-11-21-25(12-16)17-6-5-7-18(10-17)27-4/h5-7,10-12,15H,8-9H2,1-4H3,(H,22,26)(H,23,24). The van der Waals surface area contributed by atoms with Crippen LogP contribution in [0.4, 0.5) is 0 Å². The van der Waals surface area contributed by atoms with Crippen LogP contribution in [0.25, 0.3) is 5.69 Å². The molecule has 0 saturated heterocycles. The lowest BCUT2D eigenvalue weighted by atomic mass is 10.1. The van der Waals surface area contributed by atoms with Gasteiger partial charge in [-0.1, -0.05) is 6.07 Å². The quantitative estimate of drug-likeness (QED) is 0.672. The van der Waals surface area contributed by atoms with Crippen molar-refractivity contribution in [2.45, 2.75) is 39.7 Å². The predicted molar refractivity (Wildman–Crippen MR) is 103 cm³/mol. The molecular formula is C20H25N5O2. The first-order chi connectivity index (χ1) is 13.0. The van der Waals surface area contributed by atoms with Gasteiger partial charge in [-0.25, -0.2) is 4.68 Å². The number of ether oxygens (including phenoxy) is 1. The zero-order valence-electron chi connectivity index (χ0n) is 16.1. The highest BCUT2D eigenvalue weighted by Gasteiger charge is 2.14. The summed E-state index contributed by atoms with van der Waals surface area (Å²) in [6.45, 7) is 5.95. The molecule has 0 spiro atoms. The van der Waals surface area contributed by atoms with Crippen molar-refractivity contribution in [2.24, 2.45) is 0 Å². The van der Waals surface area contributed by atoms with Gasteiger partial charge in [0.15, 0.2) is 0 Å². The van der Waals surface area contributed by atoms with Crippen molar-refractivity contribution in [2.75, 3.05) is 7.11 Å². The lowest BCUT2D eigenvalue weighted by Gasteiger charge is -2.12. The molecular weight excluding hydrogens is 342 g/mol. The van der Waals surface area contributed by atoms with E-state index in [2.05, 4.69) is 20.6 Å². The molecule has 142 valence electrons. The van der Waals surface area contributed by atoms with Crippen LogP contribution in [0.2, 0.25) is 0 Å². The van der Waals surface area contributed by atoms with E-state index in [0.717, 1.165) is 34.0 Å². The number of hydrogen-bond donors (Lipinski definition) is 2. The second kappa shape index (κ2) is 8.07. The van der Waals surface area contributed by atoms with Gasteiger partial charge in [-0.3, -0.25) is 9.89 Å². The van der Waals surface area contributed by atoms with Gasteiger partial charge in [0.2, 0.25) is 5.91 Å². The SMILES string of the molecule is COc1cccc(-n2cc(C(C)NC(=O)CCc3n[nH]c(C)c3C)cn2)c1. The highest BCUT2D eigenvalue weighted by atomic mass is 16.5. The average molecular weight is 367 g/mol. The summed E-state index contributed by atoms with van der Waals surface area (Å²) < 4.78 is 7.03. The van der Waals surface area contributed by atoms with Crippen LogP contribution in [0, 0.1) is 13.8 Å². The van der Waals surface area contributed by atoms with Gasteiger partial charge in [0.1, 0.15) is 5.75 Å². The van der Waals surface area contributed by atoms with Crippen molar-refractivity contribution in [1.82, 2.24) is 25.3 Å². The molecule has 0 saturated carbocycles. The maximum absolute atomic E-state index is 12.3. The van der Waals surface area contributed by atoms with Gasteiger partial charge in [0, 0.05) is 36.4 Å². The second-order valence-electron chi connectivity index (χ2n) is 6.63. The number of benzene rings is 1. The number of H-pyrrole nitrogens is 1. The van der Waals surface area contributed by atoms with E-state index >= 15 is 0 Å². The van der Waals surface area contributed by atoms with E-state index in [-0.39, 0.29) is 11.9 Å². The number of aryl methyl sites for hydroxylation is 2. The molecule has 1 aromatic carbocycles. The van der Waals surface area contributed by atoms with Gasteiger partial charge in [-0.2, -0.15) is 10.2 Å². The van der Waals surface area contributed by atoms with E-state index < -0.39 is 0 Å². The maximum atomic E-state index is 12.3. The van der Waals surface area contributed by atoms with Crippen LogP contribution in [-0.4, -0.2) is 33.0 Å². The van der Waals surface area contributed by atoms with Crippen LogP contribution >= 0.6 is 0 Å². The Labute approximate surface area is 158 Å². The Bertz CT molecular complexity index is 928. The Morgan fingerprint density at radius 2 is 2.19 bits per heavy atom. The number of amides is 1. The number of aromatic amines is 1. The van der Waals surface area contributed by atoms with E-state index in [9.17, 15) is 4.79 Å². The molecule has 2 heterocycles. The summed E-state index contributed by atoms with van der Waals surface area (Å²) in [5, 5.41) is 14.6. The fourth-order valence-corrected chi connectivity index (χ4v) is 2.86. The van der Waals surface area contributed by atoms with Crippen molar-refractivity contribution in [3.8, 4) is 11.4 Å². The minimum Gasteiger partial charge on any atom is -0.497 e. The Morgan fingerprint density at radius 1 is 1.37 bits per heavy atom. The van der Waals surface area contributed by atoms with Crippen molar-refractivity contribution in [3.05, 3.63) is 59.2 Å². The molecule has 0 fully saturated rings. The van der Waals surface area contributed by atoms with Gasteiger partial charge in [0.25, 0.3) is 0 Å². The number of aromatic nitrogens is 4. The second-order valence-corrected chi connectivity index (χ2v) is 6.63. The maximum Gasteiger partial charge on any atom is 0.220 e. The van der Waals surface area contributed by atoms with Gasteiger partial charge >= 0.3 is 0 Å². The van der Waals surface area contributed by atoms with Crippen molar-refractivity contribution in [3.63, 3.8) is 0 Å². The molecule has 0 aliphatic heterocycles. The van der Waals surface area contributed by atoms with Crippen LogP contribution in [0.15, 0.2) is 36.7 Å². The monoisotopic (exact) mass is 367 g/mol. The molecule has 3 rings (SSSR count). The first-order valence-corrected chi connectivity index (χ1v) is 8.96. The molecule has 0 radical (unpaired) electrons. The van der Waals surface area contributed by atoms with E-state index in [1.807, 2.05) is 51.2 Å². The van der Waals surface area contributed by atoms with Crippen molar-refractivity contribution in [1.29, 1.82) is 0 Å². The topological polar surface area (TPSA) is 84.8 Å². The van der Waals surface area contributed by atoms with E-state index in [0.29, 0.717) is 12.8 Å². The zero-order valence-corrected chi connectivity index (χ0v) is 16.1. The summed E-state index contributed by atoms with van der Waals surface area (Å²) in [7, 11) is 1.64. The number of carbonyl (C=O) groups excluding carboxylic acids is 1. The van der Waals surface area contributed by atoms with Crippen LogP contribution in [0.3, 0.4) is 0 Å². The number of nitrogens with zero attached hydrogens (tertiary/aromatic N) is 3. The molecule has 1 amide bonds. The molecule has 2 aromatic heterocycles. The molecule has 3 aromatic rings. The minimum absolute atomic E-state index is 0.00307. The first-order valence-electron chi connectivity index (χ1n) is 8.96. The highest BCUT2D eigenvalue weighted by Crippen LogP contribution is 2.19. The number of rotatable bonds is 7. The van der Waals surface area contributed by atoms with Crippen LogP contribution in [-0.2, 0) is 11.2 Å². The normalized spacial score (nSPS) is 12.0. The van der Waals surface area contributed by atoms with Gasteiger partial charge in [-0.05, 0) is 38.5 Å². The number of carbonyl (C=O) groups is 1. The molecule has 27 heavy (non-hydrogen) atoms. The fraction of sp³-hybridized carbons (Fsp3) is 0.350. The summed E-state index contributed by atoms with van der Waals surface area (Å²) in [6, 6.07) is 7.54. The summed E-state index contributed by atoms with van der Waals surface area (Å²) in [5.74, 6) is 0.770. The van der Waals surface area contributed by atoms with Crippen LogP contribution < -0.4 is 10.1 Å². The molecule has 0 aliphatic rings. The average Bonchev–Trinajstić information content (AvgIpc) is 3.28.